The first kappa shape index (κ1) is 14.1. The van der Waals surface area contributed by atoms with E-state index in [4.69, 9.17) is 9.66 Å². The van der Waals surface area contributed by atoms with Gasteiger partial charge in [0.2, 0.25) is 5.44 Å². The summed E-state index contributed by atoms with van der Waals surface area (Å²) in [6, 6.07) is 1.42. The second kappa shape index (κ2) is 5.22. The molecule has 0 aromatic carbocycles. The Hall–Kier alpha value is 1.05. The first-order chi connectivity index (χ1) is 5.43. The van der Waals surface area contributed by atoms with Crippen molar-refractivity contribution in [3.05, 3.63) is 20.8 Å². The molecule has 0 saturated carbocycles. The van der Waals surface area contributed by atoms with Crippen LogP contribution in [0.25, 0.3) is 0 Å². The van der Waals surface area contributed by atoms with E-state index in [1.807, 2.05) is 0 Å². The number of thiophene rings is 1. The van der Waals surface area contributed by atoms with Gasteiger partial charge in [0.15, 0.2) is 0 Å². The molecular formula is C5H5BrNaO4S2. The molecule has 0 aliphatic rings. The first-order valence-corrected chi connectivity index (χ1v) is 5.98. The summed E-state index contributed by atoms with van der Waals surface area (Å²) in [6.45, 7) is 0. The van der Waals surface area contributed by atoms with Gasteiger partial charge in [0.05, 0.1) is 3.79 Å². The summed E-state index contributed by atoms with van der Waals surface area (Å²) in [4.78, 5) is 0. The summed E-state index contributed by atoms with van der Waals surface area (Å²) in [5.41, 5.74) is -1.71. The van der Waals surface area contributed by atoms with E-state index in [0.29, 0.717) is 3.79 Å². The van der Waals surface area contributed by atoms with Crippen LogP contribution < -0.4 is 0 Å². The second-order valence-corrected chi connectivity index (χ2v) is 5.73. The van der Waals surface area contributed by atoms with Crippen LogP contribution in [-0.2, 0) is 10.1 Å². The molecule has 0 bridgehead atoms. The first-order valence-electron chi connectivity index (χ1n) is 2.80. The van der Waals surface area contributed by atoms with E-state index in [1.54, 1.807) is 5.38 Å². The summed E-state index contributed by atoms with van der Waals surface area (Å²) in [7, 11) is -4.42. The van der Waals surface area contributed by atoms with E-state index in [9.17, 15) is 8.42 Å². The Morgan fingerprint density at radius 1 is 1.54 bits per heavy atom. The van der Waals surface area contributed by atoms with Gasteiger partial charge in [-0.3, -0.25) is 4.55 Å². The molecule has 4 nitrogen and oxygen atoms in total. The van der Waals surface area contributed by atoms with Crippen LogP contribution in [0.3, 0.4) is 0 Å². The van der Waals surface area contributed by atoms with Crippen LogP contribution in [0.1, 0.15) is 11.0 Å². The van der Waals surface area contributed by atoms with E-state index in [0.717, 1.165) is 0 Å². The minimum Gasteiger partial charge on any atom is -0.371 e. The van der Waals surface area contributed by atoms with Crippen LogP contribution in [0.4, 0.5) is 0 Å². The molecule has 1 atom stereocenters. The molecule has 0 aliphatic carbocycles. The Morgan fingerprint density at radius 2 is 2.08 bits per heavy atom. The van der Waals surface area contributed by atoms with Gasteiger partial charge < -0.3 is 5.11 Å². The van der Waals surface area contributed by atoms with Crippen molar-refractivity contribution in [3.8, 4) is 0 Å². The Morgan fingerprint density at radius 3 is 2.38 bits per heavy atom. The SMILES string of the molecule is O=S(=O)(O)C(O)c1ccsc1Br.[Na]. The van der Waals surface area contributed by atoms with E-state index in [-0.39, 0.29) is 35.1 Å². The number of halogens is 1. The van der Waals surface area contributed by atoms with Crippen molar-refractivity contribution in [2.45, 2.75) is 5.44 Å². The van der Waals surface area contributed by atoms with Gasteiger partial charge in [0.1, 0.15) is 0 Å². The predicted molar refractivity (Wildman–Crippen MR) is 54.3 cm³/mol. The molecule has 8 heteroatoms. The average Bonchev–Trinajstić information content (AvgIpc) is 2.31. The molecule has 1 heterocycles. The molecule has 1 radical (unpaired) electrons. The van der Waals surface area contributed by atoms with Crippen LogP contribution in [0.15, 0.2) is 15.2 Å². The van der Waals surface area contributed by atoms with Crippen LogP contribution in [0.5, 0.6) is 0 Å². The van der Waals surface area contributed by atoms with Crippen molar-refractivity contribution in [1.29, 1.82) is 0 Å². The molecule has 1 aromatic heterocycles. The van der Waals surface area contributed by atoms with Crippen LogP contribution in [0.2, 0.25) is 0 Å². The second-order valence-electron chi connectivity index (χ2n) is 2.02. The Labute approximate surface area is 110 Å². The molecule has 13 heavy (non-hydrogen) atoms. The predicted octanol–water partition coefficient (Wildman–Crippen LogP) is 1.01. The normalized spacial score (nSPS) is 13.5. The maximum absolute atomic E-state index is 10.5. The van der Waals surface area contributed by atoms with Crippen LogP contribution in [0, 0.1) is 0 Å². The molecule has 0 fully saturated rings. The van der Waals surface area contributed by atoms with Crippen LogP contribution >= 0.6 is 27.3 Å². The third-order valence-corrected chi connectivity index (χ3v) is 3.75. The van der Waals surface area contributed by atoms with E-state index in [1.165, 1.54) is 17.4 Å². The van der Waals surface area contributed by atoms with Crippen molar-refractivity contribution in [2.75, 3.05) is 0 Å². The van der Waals surface area contributed by atoms with Gasteiger partial charge in [-0.15, -0.1) is 11.3 Å². The third kappa shape index (κ3) is 3.60. The van der Waals surface area contributed by atoms with E-state index in [2.05, 4.69) is 15.9 Å². The average molecular weight is 296 g/mol. The summed E-state index contributed by atoms with van der Waals surface area (Å²) in [5, 5.41) is 10.7. The fraction of sp³-hybridized carbons (Fsp3) is 0.200. The Balaban J connectivity index is 0.00000144. The summed E-state index contributed by atoms with van der Waals surface area (Å²) < 4.78 is 29.9. The zero-order valence-electron chi connectivity index (χ0n) is 6.64. The minimum atomic E-state index is -4.42. The zero-order valence-corrected chi connectivity index (χ0v) is 11.9. The maximum atomic E-state index is 10.5. The molecule has 1 rings (SSSR count). The van der Waals surface area contributed by atoms with Crippen molar-refractivity contribution < 1.29 is 18.1 Å². The fourth-order valence-electron chi connectivity index (χ4n) is 0.640. The number of hydrogen-bond acceptors (Lipinski definition) is 4. The molecule has 0 amide bonds. The Kier molecular flexibility index (Phi) is 5.64. The van der Waals surface area contributed by atoms with Crippen molar-refractivity contribution in [3.63, 3.8) is 0 Å². The zero-order chi connectivity index (χ0) is 9.35. The minimum absolute atomic E-state index is 0. The molecule has 0 saturated heterocycles. The van der Waals surface area contributed by atoms with E-state index >= 15 is 0 Å². The maximum Gasteiger partial charge on any atom is 0.296 e. The summed E-state index contributed by atoms with van der Waals surface area (Å²) in [6.07, 6.45) is 0. The van der Waals surface area contributed by atoms with Gasteiger partial charge in [-0.2, -0.15) is 8.42 Å². The number of hydrogen-bond donors (Lipinski definition) is 2. The Bertz CT molecular complexity index is 374. The van der Waals surface area contributed by atoms with Crippen molar-refractivity contribution in [2.24, 2.45) is 0 Å². The van der Waals surface area contributed by atoms with Crippen molar-refractivity contribution in [1.82, 2.24) is 0 Å². The van der Waals surface area contributed by atoms with Crippen LogP contribution in [-0.4, -0.2) is 47.6 Å². The topological polar surface area (TPSA) is 74.6 Å². The molecular weight excluding hydrogens is 291 g/mol. The molecule has 69 valence electrons. The molecule has 2 N–H and O–H groups in total. The smallest absolute Gasteiger partial charge is 0.296 e. The largest absolute Gasteiger partial charge is 0.371 e. The fourth-order valence-corrected chi connectivity index (χ4v) is 2.71. The monoisotopic (exact) mass is 295 g/mol. The molecule has 1 unspecified atom stereocenters. The standard InChI is InChI=1S/C5H5BrO4S2.Na/c6-4-3(1-2-11-4)5(7)12(8,9)10;/h1-2,5,7H,(H,8,9,10);. The number of rotatable bonds is 2. The number of aliphatic hydroxyl groups is 1. The number of aliphatic hydroxyl groups excluding tert-OH is 1. The summed E-state index contributed by atoms with van der Waals surface area (Å²) >= 11 is 4.27. The van der Waals surface area contributed by atoms with E-state index < -0.39 is 15.6 Å². The quantitative estimate of drug-likeness (QED) is 0.631. The van der Waals surface area contributed by atoms with Crippen molar-refractivity contribution >= 4 is 66.9 Å². The third-order valence-electron chi connectivity index (χ3n) is 1.19. The molecule has 1 aromatic rings. The van der Waals surface area contributed by atoms with Gasteiger partial charge in [-0.1, -0.05) is 0 Å². The summed E-state index contributed by atoms with van der Waals surface area (Å²) in [5.74, 6) is 0. The van der Waals surface area contributed by atoms with Gasteiger partial charge in [0, 0.05) is 35.1 Å². The van der Waals surface area contributed by atoms with Gasteiger partial charge in [-0.25, -0.2) is 0 Å². The molecule has 0 aliphatic heterocycles. The van der Waals surface area contributed by atoms with Gasteiger partial charge in [-0.05, 0) is 27.4 Å². The van der Waals surface area contributed by atoms with Gasteiger partial charge in [0.25, 0.3) is 10.1 Å². The van der Waals surface area contributed by atoms with Gasteiger partial charge >= 0.3 is 0 Å². The molecule has 0 spiro atoms.